The number of hydrogen-bond acceptors (Lipinski definition) is 3. The molecule has 3 aromatic rings. The van der Waals surface area contributed by atoms with Gasteiger partial charge in [-0.15, -0.1) is 0 Å². The Kier molecular flexibility index (Phi) is 6.04. The van der Waals surface area contributed by atoms with E-state index < -0.39 is 11.8 Å². The number of rotatable bonds is 4. The van der Waals surface area contributed by atoms with E-state index in [1.54, 1.807) is 6.08 Å². The average Bonchev–Trinajstić information content (AvgIpc) is 3.03. The van der Waals surface area contributed by atoms with E-state index >= 15 is 0 Å². The second-order valence-electron chi connectivity index (χ2n) is 8.49. The standard InChI is InChI=1S/C27H27N3O2S/c1-6-20-7-9-22(10-8-20)30-26(32)24(25(31)28-27(30)33)15-21-14-18(4)29(19(21)5)23-12-16(2)11-17(3)13-23/h7-15H,6H2,1-5H3,(H,28,31,33)/b24-15-. The minimum atomic E-state index is -0.484. The molecule has 0 unspecified atom stereocenters. The lowest BCUT2D eigenvalue weighted by molar-refractivity contribution is -0.122. The Labute approximate surface area is 199 Å². The van der Waals surface area contributed by atoms with Crippen molar-refractivity contribution in [1.29, 1.82) is 0 Å². The molecule has 2 heterocycles. The molecule has 168 valence electrons. The monoisotopic (exact) mass is 457 g/mol. The van der Waals surface area contributed by atoms with Crippen molar-refractivity contribution in [2.24, 2.45) is 0 Å². The molecule has 4 rings (SSSR count). The Morgan fingerprint density at radius 3 is 2.15 bits per heavy atom. The molecular weight excluding hydrogens is 430 g/mol. The van der Waals surface area contributed by atoms with Crippen LogP contribution in [0.3, 0.4) is 0 Å². The zero-order valence-corrected chi connectivity index (χ0v) is 20.3. The van der Waals surface area contributed by atoms with Crippen molar-refractivity contribution >= 4 is 40.9 Å². The van der Waals surface area contributed by atoms with Crippen molar-refractivity contribution in [3.05, 3.63) is 87.7 Å². The third kappa shape index (κ3) is 4.26. The van der Waals surface area contributed by atoms with E-state index in [4.69, 9.17) is 12.2 Å². The van der Waals surface area contributed by atoms with Gasteiger partial charge in [0.2, 0.25) is 0 Å². The lowest BCUT2D eigenvalue weighted by atomic mass is 10.1. The van der Waals surface area contributed by atoms with Crippen LogP contribution in [0.15, 0.2) is 54.1 Å². The summed E-state index contributed by atoms with van der Waals surface area (Å²) in [5.74, 6) is -0.910. The summed E-state index contributed by atoms with van der Waals surface area (Å²) < 4.78 is 2.14. The SMILES string of the molecule is CCc1ccc(N2C(=O)/C(=C\c3cc(C)n(-c4cc(C)cc(C)c4)c3C)C(=O)NC2=S)cc1. The number of thiocarbonyl (C=S) groups is 1. The summed E-state index contributed by atoms with van der Waals surface area (Å²) in [6, 6.07) is 16.0. The highest BCUT2D eigenvalue weighted by atomic mass is 32.1. The van der Waals surface area contributed by atoms with Crippen LogP contribution in [-0.2, 0) is 16.0 Å². The molecule has 1 aliphatic heterocycles. The first-order valence-corrected chi connectivity index (χ1v) is 11.4. The number of nitrogens with zero attached hydrogens (tertiary/aromatic N) is 2. The van der Waals surface area contributed by atoms with E-state index in [-0.39, 0.29) is 10.7 Å². The smallest absolute Gasteiger partial charge is 0.270 e. The Hall–Kier alpha value is -3.51. The van der Waals surface area contributed by atoms with Gasteiger partial charge in [0.05, 0.1) is 5.69 Å². The lowest BCUT2D eigenvalue weighted by Crippen LogP contribution is -2.54. The normalized spacial score (nSPS) is 15.4. The van der Waals surface area contributed by atoms with Gasteiger partial charge in [0.1, 0.15) is 5.57 Å². The number of anilines is 1. The number of benzene rings is 2. The van der Waals surface area contributed by atoms with Gasteiger partial charge in [-0.25, -0.2) is 0 Å². The molecule has 0 atom stereocenters. The summed E-state index contributed by atoms with van der Waals surface area (Å²) in [6.45, 7) is 10.2. The average molecular weight is 458 g/mol. The fourth-order valence-electron chi connectivity index (χ4n) is 4.34. The van der Waals surface area contributed by atoms with Gasteiger partial charge in [0.25, 0.3) is 11.8 Å². The third-order valence-electron chi connectivity index (χ3n) is 5.94. The molecule has 33 heavy (non-hydrogen) atoms. The van der Waals surface area contributed by atoms with Crippen molar-refractivity contribution in [2.45, 2.75) is 41.0 Å². The number of nitrogens with one attached hydrogen (secondary N) is 1. The van der Waals surface area contributed by atoms with Crippen LogP contribution in [0.5, 0.6) is 0 Å². The predicted octanol–water partition coefficient (Wildman–Crippen LogP) is 5.10. The van der Waals surface area contributed by atoms with Gasteiger partial charge in [-0.05, 0) is 105 Å². The molecule has 1 fully saturated rings. The van der Waals surface area contributed by atoms with E-state index in [2.05, 4.69) is 48.9 Å². The number of carbonyl (C=O) groups is 2. The van der Waals surface area contributed by atoms with E-state index in [0.717, 1.165) is 34.6 Å². The molecule has 0 saturated carbocycles. The Balaban J connectivity index is 1.75. The van der Waals surface area contributed by atoms with Gasteiger partial charge in [-0.3, -0.25) is 19.8 Å². The molecule has 1 N–H and O–H groups in total. The number of hydrogen-bond donors (Lipinski definition) is 1. The van der Waals surface area contributed by atoms with Crippen LogP contribution < -0.4 is 10.2 Å². The fraction of sp³-hybridized carbons (Fsp3) is 0.222. The molecule has 1 aromatic heterocycles. The van der Waals surface area contributed by atoms with Gasteiger partial charge in [0, 0.05) is 17.1 Å². The van der Waals surface area contributed by atoms with Crippen molar-refractivity contribution in [2.75, 3.05) is 4.90 Å². The predicted molar refractivity (Wildman–Crippen MR) is 137 cm³/mol. The van der Waals surface area contributed by atoms with Crippen LogP contribution in [0.2, 0.25) is 0 Å². The molecule has 0 spiro atoms. The van der Waals surface area contributed by atoms with Crippen molar-refractivity contribution in [3.8, 4) is 5.69 Å². The van der Waals surface area contributed by atoms with Crippen LogP contribution in [0.4, 0.5) is 5.69 Å². The number of aromatic nitrogens is 1. The van der Waals surface area contributed by atoms with Gasteiger partial charge >= 0.3 is 0 Å². The second-order valence-corrected chi connectivity index (χ2v) is 8.87. The molecule has 1 aliphatic rings. The maximum Gasteiger partial charge on any atom is 0.270 e. The molecule has 0 aliphatic carbocycles. The Morgan fingerprint density at radius 1 is 0.909 bits per heavy atom. The first-order chi connectivity index (χ1) is 15.7. The van der Waals surface area contributed by atoms with Gasteiger partial charge < -0.3 is 4.57 Å². The highest BCUT2D eigenvalue weighted by Gasteiger charge is 2.34. The van der Waals surface area contributed by atoms with Gasteiger partial charge in [-0.2, -0.15) is 0 Å². The second kappa shape index (κ2) is 8.79. The summed E-state index contributed by atoms with van der Waals surface area (Å²) in [6.07, 6.45) is 2.56. The molecule has 0 bridgehead atoms. The highest BCUT2D eigenvalue weighted by molar-refractivity contribution is 7.80. The zero-order chi connectivity index (χ0) is 23.9. The largest absolute Gasteiger partial charge is 0.318 e. The van der Waals surface area contributed by atoms with Crippen LogP contribution in [0.1, 0.15) is 40.6 Å². The highest BCUT2D eigenvalue weighted by Crippen LogP contribution is 2.27. The molecule has 6 heteroatoms. The third-order valence-corrected chi connectivity index (χ3v) is 6.22. The minimum Gasteiger partial charge on any atom is -0.318 e. The van der Waals surface area contributed by atoms with Crippen LogP contribution in [0, 0.1) is 27.7 Å². The maximum absolute atomic E-state index is 13.4. The summed E-state index contributed by atoms with van der Waals surface area (Å²) in [5, 5.41) is 2.76. The maximum atomic E-state index is 13.4. The van der Waals surface area contributed by atoms with Crippen molar-refractivity contribution in [1.82, 2.24) is 9.88 Å². The van der Waals surface area contributed by atoms with E-state index in [0.29, 0.717) is 5.69 Å². The van der Waals surface area contributed by atoms with Gasteiger partial charge in [-0.1, -0.05) is 25.1 Å². The molecule has 2 amide bonds. The van der Waals surface area contributed by atoms with E-state index in [9.17, 15) is 9.59 Å². The number of carbonyl (C=O) groups excluding carboxylic acids is 2. The number of aryl methyl sites for hydroxylation is 4. The van der Waals surface area contributed by atoms with Gasteiger partial charge in [0.15, 0.2) is 5.11 Å². The van der Waals surface area contributed by atoms with E-state index in [1.165, 1.54) is 16.0 Å². The first kappa shape index (κ1) is 22.7. The summed E-state index contributed by atoms with van der Waals surface area (Å²) in [5.41, 5.74) is 8.07. The Morgan fingerprint density at radius 2 is 1.55 bits per heavy atom. The minimum absolute atomic E-state index is 0.0591. The molecule has 0 radical (unpaired) electrons. The summed E-state index contributed by atoms with van der Waals surface area (Å²) >= 11 is 5.32. The molecule has 5 nitrogen and oxygen atoms in total. The quantitative estimate of drug-likeness (QED) is 0.337. The first-order valence-electron chi connectivity index (χ1n) is 11.0. The molecule has 1 saturated heterocycles. The number of amides is 2. The zero-order valence-electron chi connectivity index (χ0n) is 19.5. The van der Waals surface area contributed by atoms with Crippen molar-refractivity contribution < 1.29 is 9.59 Å². The summed E-state index contributed by atoms with van der Waals surface area (Å²) in [4.78, 5) is 27.5. The van der Waals surface area contributed by atoms with Crippen LogP contribution in [0.25, 0.3) is 11.8 Å². The van der Waals surface area contributed by atoms with E-state index in [1.807, 2.05) is 44.2 Å². The lowest BCUT2D eigenvalue weighted by Gasteiger charge is -2.29. The summed E-state index contributed by atoms with van der Waals surface area (Å²) in [7, 11) is 0. The fourth-order valence-corrected chi connectivity index (χ4v) is 4.62. The Bertz CT molecular complexity index is 1300. The van der Waals surface area contributed by atoms with Crippen LogP contribution in [-0.4, -0.2) is 21.5 Å². The topological polar surface area (TPSA) is 54.3 Å². The van der Waals surface area contributed by atoms with Crippen LogP contribution >= 0.6 is 12.2 Å². The molecular formula is C27H27N3O2S. The molecule has 2 aromatic carbocycles. The van der Waals surface area contributed by atoms with Crippen molar-refractivity contribution in [3.63, 3.8) is 0 Å².